The van der Waals surface area contributed by atoms with E-state index in [-0.39, 0.29) is 17.7 Å². The maximum Gasteiger partial charge on any atom is 0.302 e. The van der Waals surface area contributed by atoms with E-state index in [0.29, 0.717) is 16.5 Å². The van der Waals surface area contributed by atoms with Crippen LogP contribution in [0.25, 0.3) is 0 Å². The molecule has 0 radical (unpaired) electrons. The first-order valence-electron chi connectivity index (χ1n) is 8.30. The van der Waals surface area contributed by atoms with Gasteiger partial charge in [-0.25, -0.2) is 4.98 Å². The number of aromatic nitrogens is 3. The Balaban J connectivity index is 1.64. The molecule has 2 heterocycles. The Kier molecular flexibility index (Phi) is 5.34. The molecule has 1 N–H and O–H groups in total. The molecule has 0 saturated heterocycles. The van der Waals surface area contributed by atoms with E-state index in [0.717, 1.165) is 36.9 Å². The van der Waals surface area contributed by atoms with E-state index in [1.54, 1.807) is 10.9 Å². The number of thioether (sulfide) groups is 1. The van der Waals surface area contributed by atoms with Gasteiger partial charge in [-0.2, -0.15) is 5.26 Å². The Bertz CT molecular complexity index is 825. The summed E-state index contributed by atoms with van der Waals surface area (Å²) in [6.07, 6.45) is 5.82. The molecule has 0 atom stereocenters. The average molecular weight is 358 g/mol. The van der Waals surface area contributed by atoms with Crippen molar-refractivity contribution in [3.63, 3.8) is 0 Å². The van der Waals surface area contributed by atoms with Crippen LogP contribution in [-0.4, -0.2) is 21.9 Å². The zero-order valence-corrected chi connectivity index (χ0v) is 15.1. The highest BCUT2D eigenvalue weighted by atomic mass is 32.2. The largest absolute Gasteiger partial charge is 0.302 e. The molecule has 25 heavy (non-hydrogen) atoms. The number of carbonyl (C=O) groups is 1. The lowest BCUT2D eigenvalue weighted by molar-refractivity contribution is -0.779. The molecule has 8 heteroatoms. The Morgan fingerprint density at radius 2 is 2.28 bits per heavy atom. The smallest absolute Gasteiger partial charge is 0.288 e. The van der Waals surface area contributed by atoms with Gasteiger partial charge in [0.1, 0.15) is 11.1 Å². The molecule has 1 aliphatic carbocycles. The van der Waals surface area contributed by atoms with Gasteiger partial charge in [0.25, 0.3) is 6.20 Å². The van der Waals surface area contributed by atoms with E-state index in [1.165, 1.54) is 11.8 Å². The van der Waals surface area contributed by atoms with Crippen LogP contribution in [0.2, 0.25) is 0 Å². The van der Waals surface area contributed by atoms with Gasteiger partial charge in [0, 0.05) is 5.69 Å². The fraction of sp³-hybridized carbons (Fsp3) is 0.471. The van der Waals surface area contributed by atoms with Crippen LogP contribution in [0.1, 0.15) is 49.6 Å². The van der Waals surface area contributed by atoms with Crippen LogP contribution in [0.15, 0.2) is 21.8 Å². The molecule has 2 aromatic rings. The van der Waals surface area contributed by atoms with Crippen molar-refractivity contribution in [2.45, 2.75) is 50.6 Å². The van der Waals surface area contributed by atoms with Crippen LogP contribution in [-0.2, 0) is 17.6 Å². The number of aryl methyl sites for hydroxylation is 2. The molecule has 3 rings (SSSR count). The molecular formula is C17H20N5O2S+. The van der Waals surface area contributed by atoms with Gasteiger partial charge in [-0.15, -0.1) is 0 Å². The van der Waals surface area contributed by atoms with Gasteiger partial charge < -0.3 is 0 Å². The minimum Gasteiger partial charge on any atom is -0.288 e. The van der Waals surface area contributed by atoms with Crippen LogP contribution in [0.4, 0.5) is 5.88 Å². The first-order chi connectivity index (χ1) is 12.1. The minimum absolute atomic E-state index is 0.154. The predicted octanol–water partition coefficient (Wildman–Crippen LogP) is 2.42. The molecule has 0 unspecified atom stereocenters. The summed E-state index contributed by atoms with van der Waals surface area (Å²) in [6.45, 7) is 3.93. The molecule has 0 aliphatic heterocycles. The van der Waals surface area contributed by atoms with Crippen LogP contribution in [0.5, 0.6) is 0 Å². The number of fused-ring (bicyclic) bond motifs is 1. The molecule has 0 bridgehead atoms. The van der Waals surface area contributed by atoms with Crippen molar-refractivity contribution in [1.29, 1.82) is 5.26 Å². The lowest BCUT2D eigenvalue weighted by atomic mass is 9.95. The number of nitrogens with one attached hydrogen (secondary N) is 1. The standard InChI is InChI=1S/C17H19N5O2S/c1-11(2)22-9-16(24-21-22)20-15(23)10-25-17-13(8-18)7-12-5-3-4-6-14(12)19-17/h7,9,11H,3-6,10H2,1-2H3/p+1. The maximum absolute atomic E-state index is 12.1. The van der Waals surface area contributed by atoms with Crippen LogP contribution in [0, 0.1) is 11.3 Å². The Morgan fingerprint density at radius 3 is 3.00 bits per heavy atom. The number of rotatable bonds is 5. The van der Waals surface area contributed by atoms with Crippen molar-refractivity contribution >= 4 is 23.6 Å². The number of hydrogen-bond donors (Lipinski definition) is 1. The molecule has 1 aliphatic rings. The molecule has 2 aromatic heterocycles. The molecule has 0 spiro atoms. The highest BCUT2D eigenvalue weighted by Crippen LogP contribution is 2.27. The summed E-state index contributed by atoms with van der Waals surface area (Å²) in [5, 5.41) is 16.5. The van der Waals surface area contributed by atoms with Gasteiger partial charge in [0.2, 0.25) is 11.2 Å². The summed E-state index contributed by atoms with van der Waals surface area (Å²) in [7, 11) is 0. The number of hydrogen-bond acceptors (Lipinski definition) is 6. The van der Waals surface area contributed by atoms with Gasteiger partial charge in [0.15, 0.2) is 6.04 Å². The number of pyridine rings is 1. The first kappa shape index (κ1) is 17.4. The highest BCUT2D eigenvalue weighted by molar-refractivity contribution is 8.00. The Labute approximate surface area is 150 Å². The third-order valence-corrected chi connectivity index (χ3v) is 4.99. The SMILES string of the molecule is CC(C)[n+]1cc(NC(=O)CSc2nc3c(cc2C#N)CCCC3)on1. The number of nitrogens with zero attached hydrogens (tertiary/aromatic N) is 4. The van der Waals surface area contributed by atoms with Crippen LogP contribution < -0.4 is 10.00 Å². The second kappa shape index (κ2) is 7.66. The van der Waals surface area contributed by atoms with E-state index in [4.69, 9.17) is 4.52 Å². The molecule has 130 valence electrons. The minimum atomic E-state index is -0.222. The fourth-order valence-corrected chi connectivity index (χ4v) is 3.44. The molecule has 7 nitrogen and oxygen atoms in total. The maximum atomic E-state index is 12.1. The molecule has 0 saturated carbocycles. The Morgan fingerprint density at radius 1 is 1.48 bits per heavy atom. The summed E-state index contributed by atoms with van der Waals surface area (Å²) >= 11 is 1.27. The molecular weight excluding hydrogens is 338 g/mol. The summed E-state index contributed by atoms with van der Waals surface area (Å²) in [6, 6.07) is 4.26. The first-order valence-corrected chi connectivity index (χ1v) is 9.29. The summed E-state index contributed by atoms with van der Waals surface area (Å²) in [5.74, 6) is 0.238. The van der Waals surface area contributed by atoms with E-state index >= 15 is 0 Å². The normalized spacial score (nSPS) is 13.4. The monoisotopic (exact) mass is 358 g/mol. The van der Waals surface area contributed by atoms with Crippen molar-refractivity contribution < 1.29 is 14.0 Å². The zero-order valence-electron chi connectivity index (χ0n) is 14.3. The van der Waals surface area contributed by atoms with Crippen LogP contribution in [0.3, 0.4) is 0 Å². The average Bonchev–Trinajstić information content (AvgIpc) is 3.07. The summed E-state index contributed by atoms with van der Waals surface area (Å²) < 4.78 is 6.70. The number of carbonyl (C=O) groups excluding carboxylic acids is 1. The van der Waals surface area contributed by atoms with E-state index < -0.39 is 0 Å². The fourth-order valence-electron chi connectivity index (χ4n) is 2.67. The number of amides is 1. The predicted molar refractivity (Wildman–Crippen MR) is 92.0 cm³/mol. The van der Waals surface area contributed by atoms with Gasteiger partial charge >= 0.3 is 5.88 Å². The van der Waals surface area contributed by atoms with Crippen molar-refractivity contribution in [2.24, 2.45) is 0 Å². The summed E-state index contributed by atoms with van der Waals surface area (Å²) in [5.41, 5.74) is 2.76. The van der Waals surface area contributed by atoms with E-state index in [9.17, 15) is 10.1 Å². The zero-order chi connectivity index (χ0) is 17.8. The van der Waals surface area contributed by atoms with Crippen molar-refractivity contribution in [1.82, 2.24) is 10.3 Å². The van der Waals surface area contributed by atoms with Gasteiger partial charge in [-0.3, -0.25) is 14.6 Å². The third kappa shape index (κ3) is 4.17. The topological polar surface area (TPSA) is 95.7 Å². The lowest BCUT2D eigenvalue weighted by Gasteiger charge is -2.16. The summed E-state index contributed by atoms with van der Waals surface area (Å²) in [4.78, 5) is 16.7. The van der Waals surface area contributed by atoms with E-state index in [2.05, 4.69) is 21.6 Å². The Hall–Kier alpha value is -2.40. The van der Waals surface area contributed by atoms with Gasteiger partial charge in [0.05, 0.1) is 11.3 Å². The number of nitriles is 1. The third-order valence-electron chi connectivity index (χ3n) is 4.00. The second-order valence-corrected chi connectivity index (χ2v) is 7.21. The quantitative estimate of drug-likeness (QED) is 0.651. The molecule has 0 aromatic carbocycles. The second-order valence-electron chi connectivity index (χ2n) is 6.24. The van der Waals surface area contributed by atoms with Crippen molar-refractivity contribution in [2.75, 3.05) is 11.1 Å². The molecule has 1 amide bonds. The lowest BCUT2D eigenvalue weighted by Crippen LogP contribution is -2.36. The van der Waals surface area contributed by atoms with Crippen LogP contribution >= 0.6 is 11.8 Å². The number of anilines is 1. The van der Waals surface area contributed by atoms with Gasteiger partial charge in [-0.05, 0) is 55.8 Å². The van der Waals surface area contributed by atoms with Gasteiger partial charge in [-0.1, -0.05) is 11.8 Å². The highest BCUT2D eigenvalue weighted by Gasteiger charge is 2.19. The van der Waals surface area contributed by atoms with Crippen molar-refractivity contribution in [3.05, 3.63) is 29.1 Å². The molecule has 0 fully saturated rings. The van der Waals surface area contributed by atoms with Crippen molar-refractivity contribution in [3.8, 4) is 6.07 Å². The van der Waals surface area contributed by atoms with E-state index in [1.807, 2.05) is 19.9 Å².